The van der Waals surface area contributed by atoms with Crippen LogP contribution in [0.1, 0.15) is 5.56 Å². The van der Waals surface area contributed by atoms with Gasteiger partial charge in [-0.05, 0) is 18.6 Å². The third-order valence-corrected chi connectivity index (χ3v) is 2.81. The number of amides is 2. The fraction of sp³-hybridized carbons (Fsp3) is 0.385. The average Bonchev–Trinajstić information content (AvgIpc) is 2.41. The van der Waals surface area contributed by atoms with Crippen molar-refractivity contribution < 1.29 is 32.3 Å². The minimum Gasteiger partial charge on any atom is -0.382 e. The number of anilines is 1. The molecule has 0 saturated heterocycles. The molecule has 0 spiro atoms. The quantitative estimate of drug-likeness (QED) is 0.654. The van der Waals surface area contributed by atoms with Crippen molar-refractivity contribution in [2.24, 2.45) is 0 Å². The highest BCUT2D eigenvalue weighted by molar-refractivity contribution is 6.39. The van der Waals surface area contributed by atoms with E-state index in [9.17, 15) is 27.2 Å². The van der Waals surface area contributed by atoms with Gasteiger partial charge in [-0.3, -0.25) is 9.59 Å². The summed E-state index contributed by atoms with van der Waals surface area (Å²) in [4.78, 5) is 23.6. The summed E-state index contributed by atoms with van der Waals surface area (Å²) in [7, 11) is 0.920. The molecule has 0 unspecified atom stereocenters. The van der Waals surface area contributed by atoms with Gasteiger partial charge in [0.2, 0.25) is 0 Å². The van der Waals surface area contributed by atoms with Crippen molar-refractivity contribution in [3.8, 4) is 0 Å². The van der Waals surface area contributed by atoms with Gasteiger partial charge in [-0.2, -0.15) is 13.2 Å². The molecule has 2 N–H and O–H groups in total. The Hall–Kier alpha value is -2.16. The third-order valence-electron chi connectivity index (χ3n) is 2.81. The average molecular weight is 322 g/mol. The van der Waals surface area contributed by atoms with E-state index < -0.39 is 36.5 Å². The number of aryl methyl sites for hydroxylation is 1. The Kier molecular flexibility index (Phi) is 5.48. The molecule has 5 nitrogen and oxygen atoms in total. The van der Waals surface area contributed by atoms with Crippen molar-refractivity contribution in [2.75, 3.05) is 18.9 Å². The second-order valence-corrected chi connectivity index (χ2v) is 4.63. The molecule has 122 valence electrons. The van der Waals surface area contributed by atoms with E-state index in [1.807, 2.05) is 5.32 Å². The molecule has 9 heteroatoms. The number of benzene rings is 1. The standard InChI is InChI=1S/C13H14F4N2O3/c1-7-4-3-5-8(10(7)14)18-11(21)12(22)19(2)6-9(20)13(15,16)17/h3-5,9,20H,6H2,1-2H3,(H,18,21)/t9-/m1/s1. The van der Waals surface area contributed by atoms with E-state index in [1.54, 1.807) is 0 Å². The molecule has 0 aliphatic carbocycles. The number of aliphatic hydroxyl groups excluding tert-OH is 1. The summed E-state index contributed by atoms with van der Waals surface area (Å²) in [6.07, 6.45) is -7.68. The number of likely N-dealkylation sites (N-methyl/N-ethyl adjacent to an activating group) is 1. The van der Waals surface area contributed by atoms with E-state index in [2.05, 4.69) is 0 Å². The number of carbonyl (C=O) groups is 2. The predicted molar refractivity (Wildman–Crippen MR) is 69.5 cm³/mol. The smallest absolute Gasteiger partial charge is 0.382 e. The van der Waals surface area contributed by atoms with Crippen LogP contribution in [0.5, 0.6) is 0 Å². The Morgan fingerprint density at radius 1 is 1.36 bits per heavy atom. The highest BCUT2D eigenvalue weighted by atomic mass is 19.4. The van der Waals surface area contributed by atoms with Gasteiger partial charge in [-0.25, -0.2) is 4.39 Å². The molecule has 1 aromatic rings. The summed E-state index contributed by atoms with van der Waals surface area (Å²) in [5.74, 6) is -3.38. The second kappa shape index (κ2) is 6.73. The summed E-state index contributed by atoms with van der Waals surface area (Å²) < 4.78 is 50.2. The lowest BCUT2D eigenvalue weighted by molar-refractivity contribution is -0.207. The van der Waals surface area contributed by atoms with E-state index in [0.29, 0.717) is 4.90 Å². The molecule has 22 heavy (non-hydrogen) atoms. The van der Waals surface area contributed by atoms with Gasteiger partial charge in [0.1, 0.15) is 5.82 Å². The Morgan fingerprint density at radius 2 is 1.95 bits per heavy atom. The fourth-order valence-electron chi connectivity index (χ4n) is 1.54. The van der Waals surface area contributed by atoms with Gasteiger partial charge in [0.15, 0.2) is 6.10 Å². The van der Waals surface area contributed by atoms with Crippen molar-refractivity contribution in [3.63, 3.8) is 0 Å². The molecule has 1 aromatic carbocycles. The zero-order valence-corrected chi connectivity index (χ0v) is 11.7. The summed E-state index contributed by atoms with van der Waals surface area (Å²) in [6, 6.07) is 4.09. The molecule has 0 aliphatic rings. The molecule has 0 aromatic heterocycles. The lowest BCUT2D eigenvalue weighted by Crippen LogP contribution is -2.45. The van der Waals surface area contributed by atoms with Crippen LogP contribution in [0.2, 0.25) is 0 Å². The minimum atomic E-state index is -4.91. The maximum Gasteiger partial charge on any atom is 0.416 e. The van der Waals surface area contributed by atoms with Crippen LogP contribution in [-0.4, -0.2) is 47.7 Å². The normalized spacial score (nSPS) is 12.7. The van der Waals surface area contributed by atoms with Gasteiger partial charge in [0, 0.05) is 7.05 Å². The minimum absolute atomic E-state index is 0.228. The highest BCUT2D eigenvalue weighted by Gasteiger charge is 2.40. The number of rotatable bonds is 3. The molecular formula is C13H14F4N2O3. The van der Waals surface area contributed by atoms with Gasteiger partial charge in [0.25, 0.3) is 0 Å². The number of hydrogen-bond acceptors (Lipinski definition) is 3. The Bertz CT molecular complexity index is 575. The zero-order valence-electron chi connectivity index (χ0n) is 11.7. The number of hydrogen-bond donors (Lipinski definition) is 2. The highest BCUT2D eigenvalue weighted by Crippen LogP contribution is 2.21. The summed E-state index contributed by atoms with van der Waals surface area (Å²) in [5, 5.41) is 10.8. The van der Waals surface area contributed by atoms with Gasteiger partial charge < -0.3 is 15.3 Å². The topological polar surface area (TPSA) is 69.6 Å². The van der Waals surface area contributed by atoms with Crippen LogP contribution in [0.15, 0.2) is 18.2 Å². The number of alkyl halides is 3. The van der Waals surface area contributed by atoms with Gasteiger partial charge in [-0.15, -0.1) is 0 Å². The Morgan fingerprint density at radius 3 is 2.50 bits per heavy atom. The van der Waals surface area contributed by atoms with Gasteiger partial charge in [-0.1, -0.05) is 12.1 Å². The fourth-order valence-corrected chi connectivity index (χ4v) is 1.54. The molecule has 0 radical (unpaired) electrons. The lowest BCUT2D eigenvalue weighted by atomic mass is 10.2. The van der Waals surface area contributed by atoms with E-state index >= 15 is 0 Å². The number of carbonyl (C=O) groups excluding carboxylic acids is 2. The lowest BCUT2D eigenvalue weighted by Gasteiger charge is -2.22. The number of halogens is 4. The van der Waals surface area contributed by atoms with Crippen molar-refractivity contribution in [1.29, 1.82) is 0 Å². The van der Waals surface area contributed by atoms with Crippen LogP contribution in [0.3, 0.4) is 0 Å². The maximum atomic E-state index is 13.7. The predicted octanol–water partition coefficient (Wildman–Crippen LogP) is 1.45. The first kappa shape index (κ1) is 17.9. The van der Waals surface area contributed by atoms with Crippen LogP contribution in [0.25, 0.3) is 0 Å². The third kappa shape index (κ3) is 4.42. The van der Waals surface area contributed by atoms with E-state index in [4.69, 9.17) is 5.11 Å². The molecule has 0 bridgehead atoms. The molecule has 0 fully saturated rings. The van der Waals surface area contributed by atoms with E-state index in [1.165, 1.54) is 25.1 Å². The van der Waals surface area contributed by atoms with Crippen LogP contribution in [0, 0.1) is 12.7 Å². The van der Waals surface area contributed by atoms with Crippen LogP contribution < -0.4 is 5.32 Å². The van der Waals surface area contributed by atoms with E-state index in [0.717, 1.165) is 7.05 Å². The van der Waals surface area contributed by atoms with Gasteiger partial charge in [0.05, 0.1) is 12.2 Å². The first-order valence-corrected chi connectivity index (χ1v) is 6.10. The first-order chi connectivity index (χ1) is 10.0. The number of nitrogens with zero attached hydrogens (tertiary/aromatic N) is 1. The molecule has 0 aliphatic heterocycles. The SMILES string of the molecule is Cc1cccc(NC(=O)C(=O)N(C)C[C@@H](O)C(F)(F)F)c1F. The Labute approximate surface area is 123 Å². The molecule has 0 heterocycles. The Balaban J connectivity index is 2.73. The molecule has 2 amide bonds. The first-order valence-electron chi connectivity index (χ1n) is 6.10. The second-order valence-electron chi connectivity index (χ2n) is 4.63. The van der Waals surface area contributed by atoms with Crippen molar-refractivity contribution in [1.82, 2.24) is 4.90 Å². The monoisotopic (exact) mass is 322 g/mol. The van der Waals surface area contributed by atoms with E-state index in [-0.39, 0.29) is 11.3 Å². The number of aliphatic hydroxyl groups is 1. The van der Waals surface area contributed by atoms with Crippen LogP contribution in [-0.2, 0) is 9.59 Å². The molecule has 0 saturated carbocycles. The van der Waals surface area contributed by atoms with Crippen molar-refractivity contribution in [2.45, 2.75) is 19.2 Å². The van der Waals surface area contributed by atoms with Gasteiger partial charge >= 0.3 is 18.0 Å². The molecule has 1 rings (SSSR count). The van der Waals surface area contributed by atoms with Crippen molar-refractivity contribution in [3.05, 3.63) is 29.6 Å². The largest absolute Gasteiger partial charge is 0.416 e. The summed E-state index contributed by atoms with van der Waals surface area (Å²) >= 11 is 0. The molecule has 1 atom stereocenters. The van der Waals surface area contributed by atoms with Crippen molar-refractivity contribution >= 4 is 17.5 Å². The molecular weight excluding hydrogens is 308 g/mol. The van der Waals surface area contributed by atoms with Crippen LogP contribution >= 0.6 is 0 Å². The number of nitrogens with one attached hydrogen (secondary N) is 1. The summed E-state index contributed by atoms with van der Waals surface area (Å²) in [6.45, 7) is 0.338. The van der Waals surface area contributed by atoms with Crippen LogP contribution in [0.4, 0.5) is 23.2 Å². The summed E-state index contributed by atoms with van der Waals surface area (Å²) in [5.41, 5.74) is -0.0331. The maximum absolute atomic E-state index is 13.7. The zero-order chi connectivity index (χ0) is 17.1.